The molecule has 0 radical (unpaired) electrons. The van der Waals surface area contributed by atoms with Gasteiger partial charge in [-0.25, -0.2) is 4.57 Å². The van der Waals surface area contributed by atoms with Crippen LogP contribution in [-0.2, 0) is 7.05 Å². The molecule has 2 aliphatic carbocycles. The first-order valence-corrected chi connectivity index (χ1v) is 11.5. The summed E-state index contributed by atoms with van der Waals surface area (Å²) in [6, 6.07) is 14.4. The topological polar surface area (TPSA) is 3.88 Å². The lowest BCUT2D eigenvalue weighted by Gasteiger charge is -2.22. The summed E-state index contributed by atoms with van der Waals surface area (Å²) in [5, 5.41) is 2.77. The minimum absolute atomic E-state index is 0.540. The van der Waals surface area contributed by atoms with Crippen LogP contribution in [0.1, 0.15) is 73.6 Å². The molecule has 0 saturated heterocycles. The maximum atomic E-state index is 2.50. The SMILES string of the molecule is Cc1cc(C(C)C)cc(-c2c3ccc(C4CC5CCC4C5)cc3cc[n+]2C)c1C. The van der Waals surface area contributed by atoms with Gasteiger partial charge in [0, 0.05) is 6.07 Å². The van der Waals surface area contributed by atoms with Crippen molar-refractivity contribution in [2.45, 2.75) is 65.2 Å². The summed E-state index contributed by atoms with van der Waals surface area (Å²) in [6.45, 7) is 9.11. The van der Waals surface area contributed by atoms with Gasteiger partial charge in [-0.15, -0.1) is 0 Å². The van der Waals surface area contributed by atoms with Gasteiger partial charge in [0.25, 0.3) is 0 Å². The Morgan fingerprint density at radius 2 is 1.79 bits per heavy atom. The Morgan fingerprint density at radius 1 is 0.966 bits per heavy atom. The zero-order valence-electron chi connectivity index (χ0n) is 18.6. The normalized spacial score (nSPS) is 23.4. The third kappa shape index (κ3) is 3.10. The Bertz CT molecular complexity index is 1090. The van der Waals surface area contributed by atoms with Crippen LogP contribution < -0.4 is 4.57 Å². The molecule has 0 aliphatic heterocycles. The van der Waals surface area contributed by atoms with E-state index in [1.165, 1.54) is 64.4 Å². The average Bonchev–Trinajstić information content (AvgIpc) is 3.33. The molecule has 2 aromatic carbocycles. The van der Waals surface area contributed by atoms with E-state index < -0.39 is 0 Å². The highest BCUT2D eigenvalue weighted by molar-refractivity contribution is 5.94. The van der Waals surface area contributed by atoms with Crippen molar-refractivity contribution in [2.24, 2.45) is 18.9 Å². The number of benzene rings is 2. The van der Waals surface area contributed by atoms with Gasteiger partial charge in [-0.1, -0.05) is 38.5 Å². The smallest absolute Gasteiger partial charge is 0.200 e. The van der Waals surface area contributed by atoms with Crippen molar-refractivity contribution in [1.82, 2.24) is 0 Å². The molecule has 5 rings (SSSR count). The van der Waals surface area contributed by atoms with Gasteiger partial charge in [-0.3, -0.25) is 0 Å². The first kappa shape index (κ1) is 18.9. The fourth-order valence-electron chi connectivity index (χ4n) is 6.08. The zero-order valence-corrected chi connectivity index (χ0v) is 18.6. The number of fused-ring (bicyclic) bond motifs is 3. The third-order valence-corrected chi connectivity index (χ3v) is 7.94. The van der Waals surface area contributed by atoms with E-state index >= 15 is 0 Å². The third-order valence-electron chi connectivity index (χ3n) is 7.94. The number of aromatic nitrogens is 1. The van der Waals surface area contributed by atoms with Crippen LogP contribution in [0.15, 0.2) is 42.6 Å². The molecular weight excluding hydrogens is 350 g/mol. The first-order valence-electron chi connectivity index (χ1n) is 11.5. The molecule has 150 valence electrons. The minimum atomic E-state index is 0.540. The predicted molar refractivity (Wildman–Crippen MR) is 122 cm³/mol. The van der Waals surface area contributed by atoms with Gasteiger partial charge in [0.15, 0.2) is 6.20 Å². The van der Waals surface area contributed by atoms with Crippen molar-refractivity contribution in [3.63, 3.8) is 0 Å². The maximum absolute atomic E-state index is 2.50. The molecule has 3 atom stereocenters. The summed E-state index contributed by atoms with van der Waals surface area (Å²) in [5.41, 5.74) is 8.53. The highest BCUT2D eigenvalue weighted by Gasteiger charge is 2.40. The van der Waals surface area contributed by atoms with Crippen molar-refractivity contribution in [3.8, 4) is 11.3 Å². The van der Waals surface area contributed by atoms with Crippen molar-refractivity contribution in [3.05, 3.63) is 64.8 Å². The van der Waals surface area contributed by atoms with E-state index in [4.69, 9.17) is 0 Å². The zero-order chi connectivity index (χ0) is 20.3. The first-order chi connectivity index (χ1) is 13.9. The van der Waals surface area contributed by atoms with Gasteiger partial charge in [-0.2, -0.15) is 0 Å². The fraction of sp³-hybridized carbons (Fsp3) is 0.464. The van der Waals surface area contributed by atoms with Crippen molar-refractivity contribution < 1.29 is 4.57 Å². The van der Waals surface area contributed by atoms with Crippen LogP contribution in [0.25, 0.3) is 22.0 Å². The second kappa shape index (κ2) is 6.97. The molecule has 3 unspecified atom stereocenters. The molecule has 0 amide bonds. The van der Waals surface area contributed by atoms with Crippen LogP contribution in [0.4, 0.5) is 0 Å². The van der Waals surface area contributed by atoms with Crippen LogP contribution in [0, 0.1) is 25.7 Å². The number of rotatable bonds is 3. The largest absolute Gasteiger partial charge is 0.220 e. The predicted octanol–water partition coefficient (Wildman–Crippen LogP) is 6.98. The van der Waals surface area contributed by atoms with Gasteiger partial charge in [0.1, 0.15) is 7.05 Å². The van der Waals surface area contributed by atoms with E-state index in [2.05, 4.69) is 81.9 Å². The molecule has 29 heavy (non-hydrogen) atoms. The molecule has 1 nitrogen and oxygen atoms in total. The molecule has 1 aromatic heterocycles. The summed E-state index contributed by atoms with van der Waals surface area (Å²) in [5.74, 6) is 3.26. The second-order valence-electron chi connectivity index (χ2n) is 10.1. The molecule has 1 heteroatoms. The molecule has 0 spiro atoms. The summed E-state index contributed by atoms with van der Waals surface area (Å²) in [6.07, 6.45) is 8.05. The van der Waals surface area contributed by atoms with Gasteiger partial charge in [0.2, 0.25) is 5.69 Å². The van der Waals surface area contributed by atoms with E-state index in [1.54, 1.807) is 5.56 Å². The van der Waals surface area contributed by atoms with E-state index in [0.29, 0.717) is 5.92 Å². The Morgan fingerprint density at radius 3 is 2.48 bits per heavy atom. The van der Waals surface area contributed by atoms with Crippen LogP contribution in [0.3, 0.4) is 0 Å². The lowest BCUT2D eigenvalue weighted by atomic mass is 9.82. The van der Waals surface area contributed by atoms with Gasteiger partial charge in [0.05, 0.1) is 10.9 Å². The standard InChI is InChI=1S/C28H34N/c1-17(2)24-12-18(3)19(4)26(16-24)28-25-9-8-22(15-23(25)10-11-29(28)5)27-14-20-6-7-21(27)13-20/h8-12,15-17,20-21,27H,6-7,13-14H2,1-5H3/q+1. The van der Waals surface area contributed by atoms with Crippen molar-refractivity contribution in [2.75, 3.05) is 0 Å². The van der Waals surface area contributed by atoms with E-state index in [1.807, 2.05) is 0 Å². The molecule has 3 aromatic rings. The Balaban J connectivity index is 1.66. The highest BCUT2D eigenvalue weighted by Crippen LogP contribution is 2.53. The summed E-state index contributed by atoms with van der Waals surface area (Å²) in [4.78, 5) is 0. The monoisotopic (exact) mass is 384 g/mol. The average molecular weight is 385 g/mol. The Hall–Kier alpha value is -2.15. The molecular formula is C28H34N+. The summed E-state index contributed by atoms with van der Waals surface area (Å²) in [7, 11) is 2.19. The van der Waals surface area contributed by atoms with E-state index in [-0.39, 0.29) is 0 Å². The molecule has 2 bridgehead atoms. The number of aryl methyl sites for hydroxylation is 2. The molecule has 2 saturated carbocycles. The van der Waals surface area contributed by atoms with Crippen molar-refractivity contribution >= 4 is 10.8 Å². The fourth-order valence-corrected chi connectivity index (χ4v) is 6.08. The van der Waals surface area contributed by atoms with Crippen LogP contribution in [0.5, 0.6) is 0 Å². The quantitative estimate of drug-likeness (QED) is 0.429. The van der Waals surface area contributed by atoms with Gasteiger partial charge in [-0.05, 0) is 96.6 Å². The molecule has 0 N–H and O–H groups in total. The Kier molecular flexibility index (Phi) is 4.53. The number of hydrogen-bond acceptors (Lipinski definition) is 0. The molecule has 1 heterocycles. The molecule has 2 aliphatic rings. The summed E-state index contributed by atoms with van der Waals surface area (Å²) >= 11 is 0. The lowest BCUT2D eigenvalue weighted by molar-refractivity contribution is -0.659. The second-order valence-corrected chi connectivity index (χ2v) is 10.1. The van der Waals surface area contributed by atoms with Crippen LogP contribution in [0.2, 0.25) is 0 Å². The van der Waals surface area contributed by atoms with Crippen LogP contribution >= 0.6 is 0 Å². The van der Waals surface area contributed by atoms with Crippen molar-refractivity contribution in [1.29, 1.82) is 0 Å². The van der Waals surface area contributed by atoms with Gasteiger partial charge >= 0.3 is 0 Å². The minimum Gasteiger partial charge on any atom is -0.200 e. The number of hydrogen-bond donors (Lipinski definition) is 0. The summed E-state index contributed by atoms with van der Waals surface area (Å²) < 4.78 is 2.31. The Labute approximate surface area is 175 Å². The van der Waals surface area contributed by atoms with Crippen LogP contribution in [-0.4, -0.2) is 0 Å². The van der Waals surface area contributed by atoms with E-state index in [9.17, 15) is 0 Å². The highest BCUT2D eigenvalue weighted by atomic mass is 14.9. The molecule has 2 fully saturated rings. The van der Waals surface area contributed by atoms with E-state index in [0.717, 1.165) is 17.8 Å². The lowest BCUT2D eigenvalue weighted by Crippen LogP contribution is -2.31. The maximum Gasteiger partial charge on any atom is 0.220 e. The number of pyridine rings is 1. The number of nitrogens with zero attached hydrogens (tertiary/aromatic N) is 1. The van der Waals surface area contributed by atoms with Gasteiger partial charge < -0.3 is 0 Å².